The number of carbonyl (C=O) groups excluding carboxylic acids is 2. The van der Waals surface area contributed by atoms with Crippen molar-refractivity contribution in [3.05, 3.63) is 24.0 Å². The van der Waals surface area contributed by atoms with Crippen LogP contribution < -0.4 is 15.4 Å². The van der Waals surface area contributed by atoms with E-state index in [0.29, 0.717) is 5.75 Å². The number of nitrogens with one attached hydrogen (secondary N) is 2. The number of pyridine rings is 1. The van der Waals surface area contributed by atoms with Gasteiger partial charge in [0.05, 0.1) is 12.7 Å². The van der Waals surface area contributed by atoms with E-state index in [2.05, 4.69) is 15.6 Å². The zero-order chi connectivity index (χ0) is 18.2. The van der Waals surface area contributed by atoms with Crippen LogP contribution in [0.4, 0.5) is 4.79 Å². The molecular formula is C15H21N3O6. The Bertz CT molecular complexity index is 580. The number of carbonyl (C=O) groups is 3. The van der Waals surface area contributed by atoms with Crippen molar-refractivity contribution in [2.24, 2.45) is 0 Å². The van der Waals surface area contributed by atoms with Gasteiger partial charge in [0.25, 0.3) is 5.91 Å². The third-order valence-corrected chi connectivity index (χ3v) is 2.41. The molecule has 3 N–H and O–H groups in total. The van der Waals surface area contributed by atoms with E-state index in [4.69, 9.17) is 14.6 Å². The highest BCUT2D eigenvalue weighted by Gasteiger charge is 2.15. The maximum atomic E-state index is 11.6. The molecular weight excluding hydrogens is 318 g/mol. The molecule has 0 spiro atoms. The molecule has 132 valence electrons. The zero-order valence-electron chi connectivity index (χ0n) is 13.8. The Labute approximate surface area is 139 Å². The summed E-state index contributed by atoms with van der Waals surface area (Å²) < 4.78 is 10.4. The van der Waals surface area contributed by atoms with E-state index in [0.717, 1.165) is 0 Å². The summed E-state index contributed by atoms with van der Waals surface area (Å²) >= 11 is 0. The number of amides is 2. The van der Waals surface area contributed by atoms with Crippen molar-refractivity contribution in [1.29, 1.82) is 0 Å². The zero-order valence-corrected chi connectivity index (χ0v) is 13.8. The highest BCUT2D eigenvalue weighted by atomic mass is 16.6. The predicted molar refractivity (Wildman–Crippen MR) is 83.9 cm³/mol. The summed E-state index contributed by atoms with van der Waals surface area (Å²) in [4.78, 5) is 37.2. The molecule has 0 aliphatic heterocycles. The average Bonchev–Trinajstić information content (AvgIpc) is 2.48. The van der Waals surface area contributed by atoms with E-state index in [1.807, 2.05) is 0 Å². The van der Waals surface area contributed by atoms with Crippen LogP contribution >= 0.6 is 0 Å². The largest absolute Gasteiger partial charge is 0.490 e. The van der Waals surface area contributed by atoms with Gasteiger partial charge in [-0.2, -0.15) is 0 Å². The normalized spacial score (nSPS) is 10.6. The number of aromatic nitrogens is 1. The quantitative estimate of drug-likeness (QED) is 0.627. The first-order valence-electron chi connectivity index (χ1n) is 7.23. The van der Waals surface area contributed by atoms with Gasteiger partial charge >= 0.3 is 12.1 Å². The number of hydrogen-bond acceptors (Lipinski definition) is 6. The molecule has 1 aromatic rings. The Balaban J connectivity index is 2.33. The summed E-state index contributed by atoms with van der Waals surface area (Å²) in [6.45, 7) is 5.27. The lowest BCUT2D eigenvalue weighted by molar-refractivity contribution is -0.135. The average molecular weight is 339 g/mol. The van der Waals surface area contributed by atoms with E-state index in [9.17, 15) is 14.4 Å². The van der Waals surface area contributed by atoms with Crippen LogP contribution in [0.2, 0.25) is 0 Å². The molecule has 2 amide bonds. The van der Waals surface area contributed by atoms with Crippen LogP contribution in [0.25, 0.3) is 0 Å². The van der Waals surface area contributed by atoms with Crippen LogP contribution in [0.1, 0.15) is 31.3 Å². The third-order valence-electron chi connectivity index (χ3n) is 2.41. The monoisotopic (exact) mass is 339 g/mol. The number of rotatable bonds is 7. The lowest BCUT2D eigenvalue weighted by atomic mass is 10.2. The molecule has 0 radical (unpaired) electrons. The van der Waals surface area contributed by atoms with Crippen molar-refractivity contribution in [3.63, 3.8) is 0 Å². The van der Waals surface area contributed by atoms with Gasteiger partial charge in [0.15, 0.2) is 0 Å². The molecule has 0 atom stereocenters. The molecule has 0 aliphatic rings. The van der Waals surface area contributed by atoms with Crippen LogP contribution in [-0.2, 0) is 9.53 Å². The molecule has 0 aliphatic carbocycles. The smallest absolute Gasteiger partial charge is 0.407 e. The molecule has 1 heterocycles. The Morgan fingerprint density at radius 1 is 1.21 bits per heavy atom. The first-order chi connectivity index (χ1) is 11.2. The van der Waals surface area contributed by atoms with Gasteiger partial charge < -0.3 is 25.2 Å². The summed E-state index contributed by atoms with van der Waals surface area (Å²) in [6, 6.07) is 2.93. The molecule has 0 saturated carbocycles. The van der Waals surface area contributed by atoms with Crippen LogP contribution in [0.5, 0.6) is 5.75 Å². The van der Waals surface area contributed by atoms with Crippen molar-refractivity contribution >= 4 is 18.0 Å². The fraction of sp³-hybridized carbons (Fsp3) is 0.467. The van der Waals surface area contributed by atoms with Gasteiger partial charge in [0, 0.05) is 0 Å². The summed E-state index contributed by atoms with van der Waals surface area (Å²) in [5.74, 6) is -1.31. The molecule has 0 fully saturated rings. The van der Waals surface area contributed by atoms with Gasteiger partial charge in [-0.15, -0.1) is 0 Å². The van der Waals surface area contributed by atoms with E-state index < -0.39 is 30.1 Å². The SMILES string of the molecule is CC(C)(C)OC(=O)NCCOc1ccc(C(=O)NCC(=O)O)nc1. The molecule has 9 nitrogen and oxygen atoms in total. The van der Waals surface area contributed by atoms with Gasteiger partial charge in [-0.1, -0.05) is 0 Å². The van der Waals surface area contributed by atoms with E-state index in [1.54, 1.807) is 20.8 Å². The highest BCUT2D eigenvalue weighted by Crippen LogP contribution is 2.09. The number of alkyl carbamates (subject to hydrolysis) is 1. The highest BCUT2D eigenvalue weighted by molar-refractivity contribution is 5.94. The first kappa shape index (κ1) is 19.2. The van der Waals surface area contributed by atoms with Crippen LogP contribution in [0.15, 0.2) is 18.3 Å². The Hall–Kier alpha value is -2.84. The number of carboxylic acid groups (broad SMARTS) is 1. The maximum absolute atomic E-state index is 11.6. The van der Waals surface area contributed by atoms with E-state index in [-0.39, 0.29) is 18.8 Å². The molecule has 9 heteroatoms. The van der Waals surface area contributed by atoms with Crippen molar-refractivity contribution in [2.45, 2.75) is 26.4 Å². The predicted octanol–water partition coefficient (Wildman–Crippen LogP) is 0.799. The van der Waals surface area contributed by atoms with Crippen molar-refractivity contribution in [1.82, 2.24) is 15.6 Å². The van der Waals surface area contributed by atoms with Crippen LogP contribution in [0, 0.1) is 0 Å². The van der Waals surface area contributed by atoms with Gasteiger partial charge in [0.1, 0.15) is 30.2 Å². The second-order valence-corrected chi connectivity index (χ2v) is 5.73. The van der Waals surface area contributed by atoms with Crippen molar-refractivity contribution in [2.75, 3.05) is 19.7 Å². The summed E-state index contributed by atoms with van der Waals surface area (Å²) in [5, 5.41) is 13.2. The number of aliphatic carboxylic acids is 1. The standard InChI is InChI=1S/C15H21N3O6/c1-15(2,3)24-14(22)16-6-7-23-10-4-5-11(17-8-10)13(21)18-9-12(19)20/h4-5,8H,6-7,9H2,1-3H3,(H,16,22)(H,18,21)(H,19,20). The fourth-order valence-corrected chi connectivity index (χ4v) is 1.48. The Morgan fingerprint density at radius 3 is 2.46 bits per heavy atom. The Morgan fingerprint density at radius 2 is 1.92 bits per heavy atom. The maximum Gasteiger partial charge on any atom is 0.407 e. The molecule has 24 heavy (non-hydrogen) atoms. The minimum Gasteiger partial charge on any atom is -0.490 e. The van der Waals surface area contributed by atoms with Crippen molar-refractivity contribution < 1.29 is 29.0 Å². The minimum atomic E-state index is -1.14. The van der Waals surface area contributed by atoms with Gasteiger partial charge in [-0.3, -0.25) is 9.59 Å². The van der Waals surface area contributed by atoms with Crippen LogP contribution in [0.3, 0.4) is 0 Å². The van der Waals surface area contributed by atoms with Gasteiger partial charge in [-0.25, -0.2) is 9.78 Å². The molecule has 1 aromatic heterocycles. The summed E-state index contributed by atoms with van der Waals surface area (Å²) in [7, 11) is 0. The first-order valence-corrected chi connectivity index (χ1v) is 7.23. The van der Waals surface area contributed by atoms with Crippen molar-refractivity contribution in [3.8, 4) is 5.75 Å². The number of nitrogens with zero attached hydrogens (tertiary/aromatic N) is 1. The van der Waals surface area contributed by atoms with Gasteiger partial charge in [0.2, 0.25) is 0 Å². The molecule has 0 bridgehead atoms. The van der Waals surface area contributed by atoms with E-state index >= 15 is 0 Å². The number of carboxylic acids is 1. The Kier molecular flexibility index (Phi) is 6.97. The fourth-order valence-electron chi connectivity index (χ4n) is 1.48. The second kappa shape index (κ2) is 8.70. The summed E-state index contributed by atoms with van der Waals surface area (Å²) in [5.41, 5.74) is -0.484. The lowest BCUT2D eigenvalue weighted by Crippen LogP contribution is -2.34. The lowest BCUT2D eigenvalue weighted by Gasteiger charge is -2.19. The second-order valence-electron chi connectivity index (χ2n) is 5.73. The summed E-state index contributed by atoms with van der Waals surface area (Å²) in [6.07, 6.45) is 0.804. The molecule has 0 saturated heterocycles. The molecule has 0 aromatic carbocycles. The topological polar surface area (TPSA) is 127 Å². The number of ether oxygens (including phenoxy) is 2. The van der Waals surface area contributed by atoms with Gasteiger partial charge in [-0.05, 0) is 32.9 Å². The third kappa shape index (κ3) is 7.97. The molecule has 0 unspecified atom stereocenters. The van der Waals surface area contributed by atoms with E-state index in [1.165, 1.54) is 18.3 Å². The molecule has 1 rings (SSSR count). The minimum absolute atomic E-state index is 0.0791. The van der Waals surface area contributed by atoms with Crippen LogP contribution in [-0.4, -0.2) is 53.4 Å². The number of hydrogen-bond donors (Lipinski definition) is 3.